The number of anilines is 1. The Morgan fingerprint density at radius 2 is 1.87 bits per heavy atom. The molecule has 1 aliphatic heterocycles. The number of methoxy groups -OCH3 is 1. The molecule has 0 bridgehead atoms. The number of benzene rings is 1. The summed E-state index contributed by atoms with van der Waals surface area (Å²) in [7, 11) is 1.03. The first-order valence-corrected chi connectivity index (χ1v) is 5.80. The van der Waals surface area contributed by atoms with E-state index in [9.17, 15) is 22.4 Å². The molecule has 1 aromatic carbocycles. The molecule has 7 nitrogen and oxygen atoms in total. The zero-order valence-electron chi connectivity index (χ0n) is 11.3. The van der Waals surface area contributed by atoms with E-state index in [4.69, 9.17) is 5.26 Å². The number of alkyl halides is 4. The van der Waals surface area contributed by atoms with Gasteiger partial charge in [0.15, 0.2) is 11.5 Å². The van der Waals surface area contributed by atoms with Crippen LogP contribution in [0.5, 0.6) is 11.5 Å². The van der Waals surface area contributed by atoms with Crippen molar-refractivity contribution in [2.45, 2.75) is 12.2 Å². The first-order valence-electron chi connectivity index (χ1n) is 5.80. The molecule has 0 atom stereocenters. The van der Waals surface area contributed by atoms with Crippen molar-refractivity contribution in [2.24, 2.45) is 5.10 Å². The predicted octanol–water partition coefficient (Wildman–Crippen LogP) is 2.11. The summed E-state index contributed by atoms with van der Waals surface area (Å²) in [5.41, 5.74) is 1.54. The smallest absolute Gasteiger partial charge is 0.464 e. The monoisotopic (exact) mass is 333 g/mol. The fraction of sp³-hybridized carbons (Fsp3) is 0.250. The highest BCUT2D eigenvalue weighted by atomic mass is 19.3. The lowest BCUT2D eigenvalue weighted by Crippen LogP contribution is -2.52. The van der Waals surface area contributed by atoms with Crippen molar-refractivity contribution < 1.29 is 36.6 Å². The Kier molecular flexibility index (Phi) is 4.00. The van der Waals surface area contributed by atoms with E-state index in [1.807, 2.05) is 0 Å². The number of halogens is 4. The first kappa shape index (κ1) is 16.3. The van der Waals surface area contributed by atoms with Crippen LogP contribution in [0.2, 0.25) is 0 Å². The van der Waals surface area contributed by atoms with Crippen molar-refractivity contribution >= 4 is 17.4 Å². The maximum absolute atomic E-state index is 13.1. The number of hydrogen-bond donors (Lipinski definition) is 1. The minimum Gasteiger partial charge on any atom is -0.464 e. The lowest BCUT2D eigenvalue weighted by atomic mass is 10.2. The van der Waals surface area contributed by atoms with Crippen molar-refractivity contribution in [2.75, 3.05) is 12.5 Å². The number of hydrogen-bond acceptors (Lipinski definition) is 7. The number of esters is 1. The van der Waals surface area contributed by atoms with Crippen LogP contribution < -0.4 is 14.9 Å². The van der Waals surface area contributed by atoms with Crippen LogP contribution >= 0.6 is 0 Å². The van der Waals surface area contributed by atoms with Crippen LogP contribution in [0.3, 0.4) is 0 Å². The second kappa shape index (κ2) is 5.64. The standard InChI is InChI=1S/C12H7F4N3O4/c1-21-10(20)7(5-17)19-18-6-2-3-8-9(4-6)23-12(15,16)11(13,14)22-8/h2-4,18H,1H3. The SMILES string of the molecule is COC(=O)C(C#N)=NNc1ccc2c(c1)OC(F)(F)C(F)(F)O2. The van der Waals surface area contributed by atoms with Crippen molar-refractivity contribution in [1.29, 1.82) is 5.26 Å². The molecule has 0 radical (unpaired) electrons. The third-order valence-corrected chi connectivity index (χ3v) is 2.54. The van der Waals surface area contributed by atoms with Gasteiger partial charge in [-0.2, -0.15) is 27.9 Å². The van der Waals surface area contributed by atoms with E-state index in [-0.39, 0.29) is 5.69 Å². The Morgan fingerprint density at radius 3 is 2.43 bits per heavy atom. The van der Waals surface area contributed by atoms with Gasteiger partial charge < -0.3 is 14.2 Å². The summed E-state index contributed by atoms with van der Waals surface area (Å²) >= 11 is 0. The van der Waals surface area contributed by atoms with Gasteiger partial charge in [-0.05, 0) is 12.1 Å². The average molecular weight is 333 g/mol. The van der Waals surface area contributed by atoms with Crippen LogP contribution in [0, 0.1) is 11.3 Å². The van der Waals surface area contributed by atoms with E-state index in [2.05, 4.69) is 24.7 Å². The van der Waals surface area contributed by atoms with Crippen molar-refractivity contribution in [3.05, 3.63) is 18.2 Å². The lowest BCUT2D eigenvalue weighted by molar-refractivity contribution is -0.391. The van der Waals surface area contributed by atoms with E-state index in [0.29, 0.717) is 0 Å². The largest absolute Gasteiger partial charge is 0.507 e. The fourth-order valence-electron chi connectivity index (χ4n) is 1.47. The summed E-state index contributed by atoms with van der Waals surface area (Å²) in [4.78, 5) is 11.1. The topological polar surface area (TPSA) is 92.9 Å². The van der Waals surface area contributed by atoms with Gasteiger partial charge in [0, 0.05) is 6.07 Å². The van der Waals surface area contributed by atoms with Crippen LogP contribution in [0.4, 0.5) is 23.2 Å². The van der Waals surface area contributed by atoms with Gasteiger partial charge in [-0.15, -0.1) is 0 Å². The molecular formula is C12H7F4N3O4. The normalized spacial score (nSPS) is 17.8. The van der Waals surface area contributed by atoms with Gasteiger partial charge in [0.05, 0.1) is 12.8 Å². The summed E-state index contributed by atoms with van der Waals surface area (Å²) in [5, 5.41) is 12.1. The zero-order valence-corrected chi connectivity index (χ0v) is 11.3. The number of nitrogens with one attached hydrogen (secondary N) is 1. The van der Waals surface area contributed by atoms with Crippen LogP contribution in [0.1, 0.15) is 0 Å². The summed E-state index contributed by atoms with van der Waals surface area (Å²) in [6.07, 6.45) is -9.67. The number of ether oxygens (including phenoxy) is 3. The van der Waals surface area contributed by atoms with Crippen LogP contribution in [-0.2, 0) is 9.53 Å². The Bertz CT molecular complexity index is 715. The maximum Gasteiger partial charge on any atom is 0.507 e. The molecular weight excluding hydrogens is 326 g/mol. The third kappa shape index (κ3) is 3.10. The highest BCUT2D eigenvalue weighted by molar-refractivity contribution is 6.43. The molecule has 0 spiro atoms. The lowest BCUT2D eigenvalue weighted by Gasteiger charge is -2.31. The number of nitrogens with zero attached hydrogens (tertiary/aromatic N) is 2. The highest BCUT2D eigenvalue weighted by Gasteiger charge is 2.65. The van der Waals surface area contributed by atoms with E-state index >= 15 is 0 Å². The molecule has 1 heterocycles. The maximum atomic E-state index is 13.1. The van der Waals surface area contributed by atoms with Crippen molar-refractivity contribution in [3.8, 4) is 17.6 Å². The number of hydrazone groups is 1. The van der Waals surface area contributed by atoms with Gasteiger partial charge >= 0.3 is 18.2 Å². The fourth-order valence-corrected chi connectivity index (χ4v) is 1.47. The number of carbonyl (C=O) groups excluding carboxylic acids is 1. The molecule has 0 saturated carbocycles. The predicted molar refractivity (Wildman–Crippen MR) is 66.3 cm³/mol. The van der Waals surface area contributed by atoms with E-state index in [1.54, 1.807) is 0 Å². The molecule has 0 amide bonds. The Labute approximate surface area is 126 Å². The Morgan fingerprint density at radius 1 is 1.26 bits per heavy atom. The summed E-state index contributed by atoms with van der Waals surface area (Å²) < 4.78 is 64.2. The molecule has 0 aromatic heterocycles. The minimum atomic E-state index is -4.86. The molecule has 0 aliphatic carbocycles. The molecule has 1 aliphatic rings. The van der Waals surface area contributed by atoms with Crippen LogP contribution in [0.25, 0.3) is 0 Å². The molecule has 11 heteroatoms. The molecule has 23 heavy (non-hydrogen) atoms. The zero-order chi connectivity index (χ0) is 17.3. The van der Waals surface area contributed by atoms with Gasteiger partial charge in [0.2, 0.25) is 5.71 Å². The van der Waals surface area contributed by atoms with Gasteiger partial charge in [-0.1, -0.05) is 0 Å². The molecule has 0 unspecified atom stereocenters. The van der Waals surface area contributed by atoms with Gasteiger partial charge in [0.25, 0.3) is 0 Å². The van der Waals surface area contributed by atoms with E-state index in [1.165, 1.54) is 6.07 Å². The van der Waals surface area contributed by atoms with Crippen LogP contribution in [0.15, 0.2) is 23.3 Å². The number of carbonyl (C=O) groups is 1. The molecule has 0 saturated heterocycles. The van der Waals surface area contributed by atoms with E-state index < -0.39 is 35.4 Å². The van der Waals surface area contributed by atoms with Gasteiger partial charge in [-0.3, -0.25) is 5.43 Å². The number of fused-ring (bicyclic) bond motifs is 1. The Balaban J connectivity index is 2.25. The first-order chi connectivity index (χ1) is 10.7. The molecule has 0 fully saturated rings. The molecule has 122 valence electrons. The average Bonchev–Trinajstić information content (AvgIpc) is 2.48. The molecule has 2 rings (SSSR count). The van der Waals surface area contributed by atoms with Gasteiger partial charge in [-0.25, -0.2) is 4.79 Å². The van der Waals surface area contributed by atoms with Crippen LogP contribution in [-0.4, -0.2) is 31.0 Å². The summed E-state index contributed by atoms with van der Waals surface area (Å²) in [6, 6.07) is 4.40. The third-order valence-electron chi connectivity index (χ3n) is 2.54. The minimum absolute atomic E-state index is 0.0231. The Hall–Kier alpha value is -3.03. The second-order valence-corrected chi connectivity index (χ2v) is 4.07. The quantitative estimate of drug-likeness (QED) is 0.394. The summed E-state index contributed by atoms with van der Waals surface area (Å²) in [6.45, 7) is 0. The second-order valence-electron chi connectivity index (χ2n) is 4.07. The highest BCUT2D eigenvalue weighted by Crippen LogP contribution is 2.47. The number of rotatable bonds is 3. The van der Waals surface area contributed by atoms with Gasteiger partial charge in [0.1, 0.15) is 6.07 Å². The number of nitriles is 1. The van der Waals surface area contributed by atoms with Crippen molar-refractivity contribution in [1.82, 2.24) is 0 Å². The van der Waals surface area contributed by atoms with Crippen molar-refractivity contribution in [3.63, 3.8) is 0 Å². The molecule has 1 N–H and O–H groups in total. The van der Waals surface area contributed by atoms with E-state index in [0.717, 1.165) is 25.3 Å². The molecule has 1 aromatic rings. The summed E-state index contributed by atoms with van der Waals surface area (Å²) in [5.74, 6) is -2.30.